The molecule has 1 atom stereocenters. The molecular formula is C14H17N3O3S. The van der Waals surface area contributed by atoms with Gasteiger partial charge in [0, 0.05) is 10.9 Å². The SMILES string of the molecule is COc1ccc(-c2csc(NC(=O)[C@@H](C)N)n2)cc1OC. The zero-order chi connectivity index (χ0) is 15.4. The number of anilines is 1. The van der Waals surface area contributed by atoms with E-state index in [1.165, 1.54) is 11.3 Å². The molecule has 3 N–H and O–H groups in total. The van der Waals surface area contributed by atoms with Crippen molar-refractivity contribution < 1.29 is 14.3 Å². The van der Waals surface area contributed by atoms with E-state index in [-0.39, 0.29) is 5.91 Å². The smallest absolute Gasteiger partial charge is 0.242 e. The molecule has 7 heteroatoms. The highest BCUT2D eigenvalue weighted by atomic mass is 32.1. The Morgan fingerprint density at radius 1 is 1.33 bits per heavy atom. The number of amides is 1. The zero-order valence-corrected chi connectivity index (χ0v) is 12.9. The van der Waals surface area contributed by atoms with E-state index in [4.69, 9.17) is 15.2 Å². The number of hydrogen-bond donors (Lipinski definition) is 2. The Bertz CT molecular complexity index is 640. The molecule has 1 aromatic heterocycles. The highest BCUT2D eigenvalue weighted by Crippen LogP contribution is 2.33. The fraction of sp³-hybridized carbons (Fsp3) is 0.286. The molecule has 1 amide bonds. The van der Waals surface area contributed by atoms with Crippen molar-refractivity contribution in [1.29, 1.82) is 0 Å². The van der Waals surface area contributed by atoms with Crippen molar-refractivity contribution in [2.75, 3.05) is 19.5 Å². The fourth-order valence-corrected chi connectivity index (χ4v) is 2.40. The van der Waals surface area contributed by atoms with Gasteiger partial charge in [0.2, 0.25) is 5.91 Å². The van der Waals surface area contributed by atoms with Crippen LogP contribution in [0.2, 0.25) is 0 Å². The maximum Gasteiger partial charge on any atom is 0.242 e. The number of benzene rings is 1. The summed E-state index contributed by atoms with van der Waals surface area (Å²) in [5.74, 6) is 1.02. The van der Waals surface area contributed by atoms with Gasteiger partial charge in [-0.3, -0.25) is 4.79 Å². The van der Waals surface area contributed by atoms with E-state index in [0.29, 0.717) is 16.6 Å². The summed E-state index contributed by atoms with van der Waals surface area (Å²) in [7, 11) is 3.17. The normalized spacial score (nSPS) is 11.8. The quantitative estimate of drug-likeness (QED) is 0.883. The minimum absolute atomic E-state index is 0.261. The molecule has 0 aliphatic rings. The Morgan fingerprint density at radius 3 is 2.67 bits per heavy atom. The molecule has 21 heavy (non-hydrogen) atoms. The lowest BCUT2D eigenvalue weighted by atomic mass is 10.1. The molecule has 0 fully saturated rings. The van der Waals surface area contributed by atoms with Crippen LogP contribution in [0.1, 0.15) is 6.92 Å². The van der Waals surface area contributed by atoms with Gasteiger partial charge < -0.3 is 20.5 Å². The van der Waals surface area contributed by atoms with Gasteiger partial charge in [-0.2, -0.15) is 0 Å². The Morgan fingerprint density at radius 2 is 2.05 bits per heavy atom. The van der Waals surface area contributed by atoms with Crippen molar-refractivity contribution in [3.63, 3.8) is 0 Å². The fourth-order valence-electron chi connectivity index (χ4n) is 1.68. The standard InChI is InChI=1S/C14H17N3O3S/c1-8(15)13(18)17-14-16-10(7-21-14)9-4-5-11(19-2)12(6-9)20-3/h4-8H,15H2,1-3H3,(H,16,17,18)/t8-/m1/s1. The first-order chi connectivity index (χ1) is 10.0. The van der Waals surface area contributed by atoms with Gasteiger partial charge in [0.1, 0.15) is 0 Å². The monoisotopic (exact) mass is 307 g/mol. The van der Waals surface area contributed by atoms with Crippen LogP contribution in [-0.2, 0) is 4.79 Å². The van der Waals surface area contributed by atoms with Gasteiger partial charge >= 0.3 is 0 Å². The van der Waals surface area contributed by atoms with Crippen molar-refractivity contribution in [3.05, 3.63) is 23.6 Å². The second-order valence-electron chi connectivity index (χ2n) is 4.39. The summed E-state index contributed by atoms with van der Waals surface area (Å²) in [6.45, 7) is 1.62. The van der Waals surface area contributed by atoms with Crippen LogP contribution in [0.25, 0.3) is 11.3 Å². The number of hydrogen-bond acceptors (Lipinski definition) is 6. The van der Waals surface area contributed by atoms with Gasteiger partial charge in [0.15, 0.2) is 16.6 Å². The summed E-state index contributed by atoms with van der Waals surface area (Å²) in [6, 6.07) is 4.96. The Kier molecular flexibility index (Phi) is 4.77. The number of aromatic nitrogens is 1. The lowest BCUT2D eigenvalue weighted by molar-refractivity contribution is -0.117. The van der Waals surface area contributed by atoms with E-state index in [9.17, 15) is 4.79 Å². The molecular weight excluding hydrogens is 290 g/mol. The molecule has 0 saturated carbocycles. The van der Waals surface area contributed by atoms with Crippen LogP contribution in [0.5, 0.6) is 11.5 Å². The minimum atomic E-state index is -0.571. The molecule has 1 heterocycles. The summed E-state index contributed by atoms with van der Waals surface area (Å²) in [6.07, 6.45) is 0. The molecule has 112 valence electrons. The summed E-state index contributed by atoms with van der Waals surface area (Å²) >= 11 is 1.34. The van der Waals surface area contributed by atoms with Crippen molar-refractivity contribution in [2.24, 2.45) is 5.73 Å². The van der Waals surface area contributed by atoms with Gasteiger partial charge in [-0.05, 0) is 25.1 Å². The molecule has 0 radical (unpaired) electrons. The van der Waals surface area contributed by atoms with Crippen LogP contribution < -0.4 is 20.5 Å². The van der Waals surface area contributed by atoms with Crippen molar-refractivity contribution in [2.45, 2.75) is 13.0 Å². The third-order valence-corrected chi connectivity index (χ3v) is 3.58. The second-order valence-corrected chi connectivity index (χ2v) is 5.24. The van der Waals surface area contributed by atoms with Crippen LogP contribution in [0.15, 0.2) is 23.6 Å². The van der Waals surface area contributed by atoms with E-state index in [0.717, 1.165) is 11.3 Å². The summed E-state index contributed by atoms with van der Waals surface area (Å²) in [4.78, 5) is 15.9. The van der Waals surface area contributed by atoms with Gasteiger partial charge in [-0.1, -0.05) is 0 Å². The predicted octanol–water partition coefficient (Wildman–Crippen LogP) is 2.11. The number of ether oxygens (including phenoxy) is 2. The molecule has 2 aromatic rings. The summed E-state index contributed by atoms with van der Waals surface area (Å²) in [5, 5.41) is 5.05. The topological polar surface area (TPSA) is 86.5 Å². The van der Waals surface area contributed by atoms with Gasteiger partial charge in [-0.15, -0.1) is 11.3 Å². The van der Waals surface area contributed by atoms with Crippen molar-refractivity contribution >= 4 is 22.4 Å². The first-order valence-electron chi connectivity index (χ1n) is 6.29. The van der Waals surface area contributed by atoms with Crippen LogP contribution in [-0.4, -0.2) is 31.2 Å². The predicted molar refractivity (Wildman–Crippen MR) is 82.9 cm³/mol. The molecule has 2 rings (SSSR count). The second kappa shape index (κ2) is 6.55. The third kappa shape index (κ3) is 3.50. The van der Waals surface area contributed by atoms with Gasteiger partial charge in [-0.25, -0.2) is 4.98 Å². The molecule has 0 saturated heterocycles. The number of thiazole rings is 1. The number of nitrogens with one attached hydrogen (secondary N) is 1. The molecule has 0 bridgehead atoms. The average molecular weight is 307 g/mol. The number of carbonyl (C=O) groups excluding carboxylic acids is 1. The largest absolute Gasteiger partial charge is 0.493 e. The number of methoxy groups -OCH3 is 2. The van der Waals surface area contributed by atoms with Gasteiger partial charge in [0.25, 0.3) is 0 Å². The van der Waals surface area contributed by atoms with Crippen molar-refractivity contribution in [1.82, 2.24) is 4.98 Å². The first-order valence-corrected chi connectivity index (χ1v) is 7.17. The zero-order valence-electron chi connectivity index (χ0n) is 12.0. The van der Waals surface area contributed by atoms with E-state index < -0.39 is 6.04 Å². The highest BCUT2D eigenvalue weighted by molar-refractivity contribution is 7.14. The van der Waals surface area contributed by atoms with Crippen molar-refractivity contribution in [3.8, 4) is 22.8 Å². The van der Waals surface area contributed by atoms with Crippen LogP contribution >= 0.6 is 11.3 Å². The molecule has 0 aliphatic carbocycles. The molecule has 6 nitrogen and oxygen atoms in total. The summed E-state index contributed by atoms with van der Waals surface area (Å²) in [5.41, 5.74) is 7.14. The van der Waals surface area contributed by atoms with Crippen LogP contribution in [0.4, 0.5) is 5.13 Å². The number of nitrogens with zero attached hydrogens (tertiary/aromatic N) is 1. The van der Waals surface area contributed by atoms with E-state index in [1.807, 2.05) is 23.6 Å². The van der Waals surface area contributed by atoms with Crippen LogP contribution in [0.3, 0.4) is 0 Å². The molecule has 0 aliphatic heterocycles. The van der Waals surface area contributed by atoms with E-state index in [1.54, 1.807) is 21.1 Å². The van der Waals surface area contributed by atoms with Gasteiger partial charge in [0.05, 0.1) is 26.0 Å². The lowest BCUT2D eigenvalue weighted by Gasteiger charge is -2.08. The number of rotatable bonds is 5. The third-order valence-electron chi connectivity index (χ3n) is 2.83. The minimum Gasteiger partial charge on any atom is -0.493 e. The van der Waals surface area contributed by atoms with E-state index in [2.05, 4.69) is 10.3 Å². The lowest BCUT2D eigenvalue weighted by Crippen LogP contribution is -2.32. The Balaban J connectivity index is 2.23. The maximum atomic E-state index is 11.5. The van der Waals surface area contributed by atoms with E-state index >= 15 is 0 Å². The highest BCUT2D eigenvalue weighted by Gasteiger charge is 2.12. The molecule has 1 aromatic carbocycles. The summed E-state index contributed by atoms with van der Waals surface area (Å²) < 4.78 is 10.5. The molecule has 0 unspecified atom stereocenters. The maximum absolute atomic E-state index is 11.5. The Hall–Kier alpha value is -2.12. The first kappa shape index (κ1) is 15.3. The molecule has 0 spiro atoms. The Labute approximate surface area is 126 Å². The average Bonchev–Trinajstić information content (AvgIpc) is 2.94. The van der Waals surface area contributed by atoms with Crippen LogP contribution in [0, 0.1) is 0 Å². The number of carbonyl (C=O) groups is 1. The number of nitrogens with two attached hydrogens (primary N) is 1.